The van der Waals surface area contributed by atoms with E-state index < -0.39 is 6.10 Å². The lowest BCUT2D eigenvalue weighted by Gasteiger charge is -2.14. The minimum Gasteiger partial charge on any atom is -0.496 e. The first kappa shape index (κ1) is 21.2. The number of aryl methyl sites for hydroxylation is 1. The molecule has 0 radical (unpaired) electrons. The van der Waals surface area contributed by atoms with E-state index >= 15 is 0 Å². The fourth-order valence-electron chi connectivity index (χ4n) is 3.44. The van der Waals surface area contributed by atoms with Crippen molar-refractivity contribution in [1.82, 2.24) is 14.8 Å². The summed E-state index contributed by atoms with van der Waals surface area (Å²) in [6, 6.07) is 27.9. The van der Waals surface area contributed by atoms with Gasteiger partial charge in [-0.05, 0) is 29.7 Å². The molecule has 4 rings (SSSR count). The van der Waals surface area contributed by atoms with Gasteiger partial charge in [0.25, 0.3) is 0 Å². The zero-order chi connectivity index (χ0) is 21.5. The first-order chi connectivity index (χ1) is 15.3. The van der Waals surface area contributed by atoms with Crippen LogP contribution in [0.25, 0.3) is 11.4 Å². The van der Waals surface area contributed by atoms with Gasteiger partial charge in [-0.1, -0.05) is 84.6 Å². The van der Waals surface area contributed by atoms with Gasteiger partial charge >= 0.3 is 0 Å². The summed E-state index contributed by atoms with van der Waals surface area (Å²) in [5.41, 5.74) is 3.05. The highest BCUT2D eigenvalue weighted by Gasteiger charge is 2.19. The van der Waals surface area contributed by atoms with Crippen molar-refractivity contribution < 1.29 is 9.84 Å². The second-order valence-electron chi connectivity index (χ2n) is 7.13. The molecule has 0 saturated heterocycles. The predicted octanol–water partition coefficient (Wildman–Crippen LogP) is 5.02. The van der Waals surface area contributed by atoms with E-state index in [1.54, 1.807) is 7.11 Å². The Bertz CT molecular complexity index is 1100. The molecule has 0 spiro atoms. The van der Waals surface area contributed by atoms with E-state index in [2.05, 4.69) is 39.0 Å². The maximum absolute atomic E-state index is 10.6. The van der Waals surface area contributed by atoms with Crippen LogP contribution in [0.5, 0.6) is 5.75 Å². The molecule has 31 heavy (non-hydrogen) atoms. The maximum Gasteiger partial charge on any atom is 0.191 e. The van der Waals surface area contributed by atoms with E-state index in [4.69, 9.17) is 4.74 Å². The van der Waals surface area contributed by atoms with Gasteiger partial charge in [0.05, 0.1) is 18.8 Å². The highest BCUT2D eigenvalue weighted by Crippen LogP contribution is 2.32. The number of aliphatic hydroxyl groups is 1. The molecule has 1 atom stereocenters. The quantitative estimate of drug-likeness (QED) is 0.377. The minimum atomic E-state index is -0.569. The van der Waals surface area contributed by atoms with E-state index in [1.807, 2.05) is 60.7 Å². The summed E-state index contributed by atoms with van der Waals surface area (Å²) in [6.45, 7) is 0.730. The lowest BCUT2D eigenvalue weighted by molar-refractivity contribution is 0.204. The molecule has 0 amide bonds. The summed E-state index contributed by atoms with van der Waals surface area (Å²) >= 11 is 1.51. The van der Waals surface area contributed by atoms with Crippen LogP contribution < -0.4 is 4.74 Å². The number of para-hydroxylation sites is 1. The standard InChI is InChI=1S/C25H25N3O2S/c1-30-23-15-9-8-14-21(23)24-26-27-25(28(24)17-16-19-10-4-2-5-11-19)31-18-22(29)20-12-6-3-7-13-20/h2-15,22,29H,16-18H2,1H3/t22-/m0/s1. The average Bonchev–Trinajstić information content (AvgIpc) is 3.24. The van der Waals surface area contributed by atoms with Crippen molar-refractivity contribution in [2.24, 2.45) is 0 Å². The van der Waals surface area contributed by atoms with Gasteiger partial charge < -0.3 is 14.4 Å². The molecule has 0 fully saturated rings. The lowest BCUT2D eigenvalue weighted by atomic mass is 10.1. The van der Waals surface area contributed by atoms with Gasteiger partial charge in [-0.2, -0.15) is 0 Å². The summed E-state index contributed by atoms with van der Waals surface area (Å²) < 4.78 is 7.67. The third kappa shape index (κ3) is 5.16. The Kier molecular flexibility index (Phi) is 7.02. The number of aliphatic hydroxyl groups excluding tert-OH is 1. The molecule has 158 valence electrons. The van der Waals surface area contributed by atoms with Crippen LogP contribution in [0.4, 0.5) is 0 Å². The summed E-state index contributed by atoms with van der Waals surface area (Å²) in [5, 5.41) is 20.3. The van der Waals surface area contributed by atoms with Crippen molar-refractivity contribution in [3.8, 4) is 17.1 Å². The van der Waals surface area contributed by atoms with Crippen molar-refractivity contribution in [3.05, 3.63) is 96.1 Å². The van der Waals surface area contributed by atoms with E-state index in [0.717, 1.165) is 40.8 Å². The van der Waals surface area contributed by atoms with Gasteiger partial charge in [0.2, 0.25) is 0 Å². The highest BCUT2D eigenvalue weighted by atomic mass is 32.2. The monoisotopic (exact) mass is 431 g/mol. The first-order valence-electron chi connectivity index (χ1n) is 10.2. The van der Waals surface area contributed by atoms with Crippen LogP contribution >= 0.6 is 11.8 Å². The summed E-state index contributed by atoms with van der Waals surface area (Å²) in [7, 11) is 1.66. The van der Waals surface area contributed by atoms with Crippen molar-refractivity contribution in [2.45, 2.75) is 24.2 Å². The smallest absolute Gasteiger partial charge is 0.191 e. The molecule has 0 aliphatic heterocycles. The Balaban J connectivity index is 1.60. The highest BCUT2D eigenvalue weighted by molar-refractivity contribution is 7.99. The Morgan fingerprint density at radius 3 is 2.32 bits per heavy atom. The van der Waals surface area contributed by atoms with Crippen LogP contribution in [0, 0.1) is 0 Å². The Hall–Kier alpha value is -3.09. The number of hydrogen-bond donors (Lipinski definition) is 1. The van der Waals surface area contributed by atoms with Gasteiger partial charge in [0.15, 0.2) is 11.0 Å². The molecule has 0 saturated carbocycles. The van der Waals surface area contributed by atoms with E-state index in [9.17, 15) is 5.11 Å². The minimum absolute atomic E-state index is 0.499. The first-order valence-corrected chi connectivity index (χ1v) is 11.2. The second kappa shape index (κ2) is 10.3. The number of aromatic nitrogens is 3. The fourth-order valence-corrected chi connectivity index (χ4v) is 4.37. The van der Waals surface area contributed by atoms with Crippen molar-refractivity contribution in [3.63, 3.8) is 0 Å². The van der Waals surface area contributed by atoms with Gasteiger partial charge in [0, 0.05) is 12.3 Å². The van der Waals surface area contributed by atoms with E-state index in [1.165, 1.54) is 17.3 Å². The van der Waals surface area contributed by atoms with E-state index in [-0.39, 0.29) is 0 Å². The molecule has 1 aromatic heterocycles. The zero-order valence-electron chi connectivity index (χ0n) is 17.4. The second-order valence-corrected chi connectivity index (χ2v) is 8.12. The Labute approximate surface area is 186 Å². The van der Waals surface area contributed by atoms with Crippen LogP contribution in [0.15, 0.2) is 90.1 Å². The number of thioether (sulfide) groups is 1. The molecule has 1 N–H and O–H groups in total. The largest absolute Gasteiger partial charge is 0.496 e. The molecular formula is C25H25N3O2S. The SMILES string of the molecule is COc1ccccc1-c1nnc(SC[C@H](O)c2ccccc2)n1CCc1ccccc1. The fraction of sp³-hybridized carbons (Fsp3) is 0.200. The Morgan fingerprint density at radius 2 is 1.58 bits per heavy atom. The number of ether oxygens (including phenoxy) is 1. The number of benzene rings is 3. The molecule has 6 heteroatoms. The number of rotatable bonds is 9. The molecule has 3 aromatic carbocycles. The van der Waals surface area contributed by atoms with Crippen molar-refractivity contribution in [2.75, 3.05) is 12.9 Å². The average molecular weight is 432 g/mol. The molecule has 1 heterocycles. The number of methoxy groups -OCH3 is 1. The molecule has 0 aliphatic carbocycles. The van der Waals surface area contributed by atoms with Crippen LogP contribution in [-0.4, -0.2) is 32.7 Å². The predicted molar refractivity (Wildman–Crippen MR) is 124 cm³/mol. The topological polar surface area (TPSA) is 60.2 Å². The Morgan fingerprint density at radius 1 is 0.903 bits per heavy atom. The van der Waals surface area contributed by atoms with Crippen LogP contribution in [0.1, 0.15) is 17.2 Å². The normalized spacial score (nSPS) is 11.9. The molecule has 0 bridgehead atoms. The molecule has 0 aliphatic rings. The molecule has 5 nitrogen and oxygen atoms in total. The number of hydrogen-bond acceptors (Lipinski definition) is 5. The van der Waals surface area contributed by atoms with E-state index in [0.29, 0.717) is 5.75 Å². The molecule has 4 aromatic rings. The van der Waals surface area contributed by atoms with Crippen LogP contribution in [0.3, 0.4) is 0 Å². The molecule has 0 unspecified atom stereocenters. The third-order valence-electron chi connectivity index (χ3n) is 5.09. The van der Waals surface area contributed by atoms with Gasteiger partial charge in [-0.15, -0.1) is 10.2 Å². The van der Waals surface area contributed by atoms with Crippen LogP contribution in [0.2, 0.25) is 0 Å². The molecular weight excluding hydrogens is 406 g/mol. The summed E-state index contributed by atoms with van der Waals surface area (Å²) in [5.74, 6) is 2.03. The third-order valence-corrected chi connectivity index (χ3v) is 6.13. The van der Waals surface area contributed by atoms with Crippen LogP contribution in [-0.2, 0) is 13.0 Å². The maximum atomic E-state index is 10.6. The summed E-state index contributed by atoms with van der Waals surface area (Å²) in [6.07, 6.45) is 0.288. The summed E-state index contributed by atoms with van der Waals surface area (Å²) in [4.78, 5) is 0. The number of nitrogens with zero attached hydrogens (tertiary/aromatic N) is 3. The van der Waals surface area contributed by atoms with Gasteiger partial charge in [-0.25, -0.2) is 0 Å². The van der Waals surface area contributed by atoms with Gasteiger partial charge in [-0.3, -0.25) is 0 Å². The van der Waals surface area contributed by atoms with Crippen molar-refractivity contribution >= 4 is 11.8 Å². The van der Waals surface area contributed by atoms with Crippen molar-refractivity contribution in [1.29, 1.82) is 0 Å². The van der Waals surface area contributed by atoms with Gasteiger partial charge in [0.1, 0.15) is 5.75 Å². The zero-order valence-corrected chi connectivity index (χ0v) is 18.2. The lowest BCUT2D eigenvalue weighted by Crippen LogP contribution is -2.07.